The number of carbonyl (C=O) groups is 1. The Morgan fingerprint density at radius 1 is 1.30 bits per heavy atom. The van der Waals surface area contributed by atoms with Crippen LogP contribution in [0.5, 0.6) is 0 Å². The summed E-state index contributed by atoms with van der Waals surface area (Å²) >= 11 is 1.28. The van der Waals surface area contributed by atoms with E-state index >= 15 is 0 Å². The Morgan fingerprint density at radius 2 is 2.04 bits per heavy atom. The SMILES string of the molecule is COC(=O)c1sc2ncnc(NCc3ccc(F)cc3)c2c1C. The number of nitrogens with one attached hydrogen (secondary N) is 1. The molecule has 2 heterocycles. The maximum Gasteiger partial charge on any atom is 0.348 e. The van der Waals surface area contributed by atoms with Crippen molar-refractivity contribution in [3.8, 4) is 0 Å². The van der Waals surface area contributed by atoms with Crippen LogP contribution in [0.4, 0.5) is 10.2 Å². The molecule has 0 fully saturated rings. The fourth-order valence-corrected chi connectivity index (χ4v) is 3.35. The number of aromatic nitrogens is 2. The van der Waals surface area contributed by atoms with Gasteiger partial charge in [0.15, 0.2) is 0 Å². The second-order valence-corrected chi connectivity index (χ2v) is 5.93. The van der Waals surface area contributed by atoms with Crippen molar-refractivity contribution in [1.82, 2.24) is 9.97 Å². The van der Waals surface area contributed by atoms with Crippen molar-refractivity contribution >= 4 is 33.3 Å². The largest absolute Gasteiger partial charge is 0.465 e. The quantitative estimate of drug-likeness (QED) is 0.741. The van der Waals surface area contributed by atoms with E-state index in [1.807, 2.05) is 6.92 Å². The van der Waals surface area contributed by atoms with E-state index in [-0.39, 0.29) is 11.8 Å². The normalized spacial score (nSPS) is 10.7. The maximum atomic E-state index is 12.9. The van der Waals surface area contributed by atoms with E-state index in [1.54, 1.807) is 12.1 Å². The molecular formula is C16H14FN3O2S. The number of anilines is 1. The van der Waals surface area contributed by atoms with E-state index in [9.17, 15) is 9.18 Å². The molecule has 0 saturated heterocycles. The molecule has 3 rings (SSSR count). The molecule has 2 aromatic heterocycles. The van der Waals surface area contributed by atoms with Crippen LogP contribution in [0.25, 0.3) is 10.2 Å². The highest BCUT2D eigenvalue weighted by Gasteiger charge is 2.19. The van der Waals surface area contributed by atoms with Crippen molar-refractivity contribution < 1.29 is 13.9 Å². The summed E-state index contributed by atoms with van der Waals surface area (Å²) < 4.78 is 17.7. The summed E-state index contributed by atoms with van der Waals surface area (Å²) in [7, 11) is 1.35. The van der Waals surface area contributed by atoms with Crippen molar-refractivity contribution in [3.63, 3.8) is 0 Å². The number of fused-ring (bicyclic) bond motifs is 1. The number of halogens is 1. The summed E-state index contributed by atoms with van der Waals surface area (Å²) in [5.74, 6) is -0.00668. The number of ether oxygens (including phenoxy) is 1. The lowest BCUT2D eigenvalue weighted by Crippen LogP contribution is -2.03. The first-order chi connectivity index (χ1) is 11.1. The Kier molecular flexibility index (Phi) is 4.20. The van der Waals surface area contributed by atoms with Gasteiger partial charge in [-0.3, -0.25) is 0 Å². The van der Waals surface area contributed by atoms with Crippen molar-refractivity contribution in [2.24, 2.45) is 0 Å². The summed E-state index contributed by atoms with van der Waals surface area (Å²) in [6.45, 7) is 2.34. The Hall–Kier alpha value is -2.54. The number of methoxy groups -OCH3 is 1. The van der Waals surface area contributed by atoms with Crippen molar-refractivity contribution in [2.45, 2.75) is 13.5 Å². The number of aryl methyl sites for hydroxylation is 1. The second-order valence-electron chi connectivity index (χ2n) is 4.93. The predicted octanol–water partition coefficient (Wildman–Crippen LogP) is 3.54. The fourth-order valence-electron chi connectivity index (χ4n) is 2.28. The standard InChI is InChI=1S/C16H14FN3O2S/c1-9-12-14(18-7-10-3-5-11(17)6-4-10)19-8-20-15(12)23-13(9)16(21)22-2/h3-6,8H,7H2,1-2H3,(H,18,19,20). The zero-order valence-electron chi connectivity index (χ0n) is 12.6. The van der Waals surface area contributed by atoms with Crippen LogP contribution in [0, 0.1) is 12.7 Å². The summed E-state index contributed by atoms with van der Waals surface area (Å²) in [5.41, 5.74) is 1.72. The molecule has 0 bridgehead atoms. The Bertz CT molecular complexity index is 862. The van der Waals surface area contributed by atoms with Gasteiger partial charge in [0.25, 0.3) is 0 Å². The summed E-state index contributed by atoms with van der Waals surface area (Å²) in [6.07, 6.45) is 1.45. The lowest BCUT2D eigenvalue weighted by atomic mass is 10.2. The van der Waals surface area contributed by atoms with Crippen LogP contribution in [0.15, 0.2) is 30.6 Å². The maximum absolute atomic E-state index is 12.9. The molecule has 3 aromatic rings. The number of esters is 1. The molecule has 23 heavy (non-hydrogen) atoms. The van der Waals surface area contributed by atoms with Gasteiger partial charge < -0.3 is 10.1 Å². The van der Waals surface area contributed by atoms with E-state index in [1.165, 1.54) is 36.9 Å². The minimum Gasteiger partial charge on any atom is -0.465 e. The molecule has 7 heteroatoms. The molecule has 0 aliphatic rings. The van der Waals surface area contributed by atoms with Crippen LogP contribution in [0.3, 0.4) is 0 Å². The molecule has 0 spiro atoms. The van der Waals surface area contributed by atoms with Gasteiger partial charge in [0, 0.05) is 6.54 Å². The molecule has 0 atom stereocenters. The molecule has 1 aromatic carbocycles. The van der Waals surface area contributed by atoms with Crippen LogP contribution < -0.4 is 5.32 Å². The van der Waals surface area contributed by atoms with Crippen molar-refractivity contribution in [3.05, 3.63) is 52.4 Å². The Morgan fingerprint density at radius 3 is 2.74 bits per heavy atom. The molecule has 0 amide bonds. The predicted molar refractivity (Wildman–Crippen MR) is 87.2 cm³/mol. The molecule has 0 aliphatic heterocycles. The first-order valence-electron chi connectivity index (χ1n) is 6.91. The highest BCUT2D eigenvalue weighted by atomic mass is 32.1. The summed E-state index contributed by atoms with van der Waals surface area (Å²) in [6, 6.07) is 6.25. The van der Waals surface area contributed by atoms with E-state index < -0.39 is 0 Å². The highest BCUT2D eigenvalue weighted by Crippen LogP contribution is 2.33. The van der Waals surface area contributed by atoms with E-state index in [0.29, 0.717) is 17.2 Å². The Labute approximate surface area is 136 Å². The smallest absolute Gasteiger partial charge is 0.348 e. The van der Waals surface area contributed by atoms with Crippen LogP contribution in [-0.4, -0.2) is 23.0 Å². The fraction of sp³-hybridized carbons (Fsp3) is 0.188. The molecular weight excluding hydrogens is 317 g/mol. The third-order valence-electron chi connectivity index (χ3n) is 3.47. The minimum atomic E-state index is -0.380. The van der Waals surface area contributed by atoms with Crippen LogP contribution in [-0.2, 0) is 11.3 Å². The van der Waals surface area contributed by atoms with Crippen LogP contribution in [0.1, 0.15) is 20.8 Å². The number of carbonyl (C=O) groups excluding carboxylic acids is 1. The van der Waals surface area contributed by atoms with E-state index in [4.69, 9.17) is 4.74 Å². The average Bonchev–Trinajstić information content (AvgIpc) is 2.91. The molecule has 118 valence electrons. The third kappa shape index (κ3) is 3.00. The van der Waals surface area contributed by atoms with Gasteiger partial charge in [-0.2, -0.15) is 0 Å². The lowest BCUT2D eigenvalue weighted by Gasteiger charge is -2.07. The van der Waals surface area contributed by atoms with Gasteiger partial charge in [-0.25, -0.2) is 19.2 Å². The topological polar surface area (TPSA) is 64.1 Å². The molecule has 5 nitrogen and oxygen atoms in total. The van der Waals surface area contributed by atoms with Crippen molar-refractivity contribution in [1.29, 1.82) is 0 Å². The molecule has 0 radical (unpaired) electrons. The first kappa shape index (κ1) is 15.4. The Balaban J connectivity index is 1.93. The second kappa shape index (κ2) is 6.29. The van der Waals surface area contributed by atoms with Gasteiger partial charge >= 0.3 is 5.97 Å². The van der Waals surface area contributed by atoms with Crippen LogP contribution in [0.2, 0.25) is 0 Å². The van der Waals surface area contributed by atoms with Gasteiger partial charge in [0.05, 0.1) is 12.5 Å². The number of rotatable bonds is 4. The molecule has 0 aliphatic carbocycles. The zero-order chi connectivity index (χ0) is 16.4. The van der Waals surface area contributed by atoms with Crippen molar-refractivity contribution in [2.75, 3.05) is 12.4 Å². The van der Waals surface area contributed by atoms with Gasteiger partial charge in [-0.05, 0) is 30.2 Å². The van der Waals surface area contributed by atoms with E-state index in [2.05, 4.69) is 15.3 Å². The zero-order valence-corrected chi connectivity index (χ0v) is 13.4. The van der Waals surface area contributed by atoms with Gasteiger partial charge in [0.2, 0.25) is 0 Å². The number of hydrogen-bond acceptors (Lipinski definition) is 6. The number of benzene rings is 1. The first-order valence-corrected chi connectivity index (χ1v) is 7.72. The van der Waals surface area contributed by atoms with Crippen LogP contribution >= 0.6 is 11.3 Å². The van der Waals surface area contributed by atoms with E-state index in [0.717, 1.165) is 21.3 Å². The van der Waals surface area contributed by atoms with Gasteiger partial charge in [0.1, 0.15) is 27.7 Å². The molecule has 1 N–H and O–H groups in total. The highest BCUT2D eigenvalue weighted by molar-refractivity contribution is 7.20. The lowest BCUT2D eigenvalue weighted by molar-refractivity contribution is 0.0605. The summed E-state index contributed by atoms with van der Waals surface area (Å²) in [4.78, 5) is 21.5. The number of nitrogens with zero attached hydrogens (tertiary/aromatic N) is 2. The minimum absolute atomic E-state index is 0.269. The number of thiophene rings is 1. The monoisotopic (exact) mass is 331 g/mol. The number of hydrogen-bond donors (Lipinski definition) is 1. The summed E-state index contributed by atoms with van der Waals surface area (Å²) in [5, 5.41) is 4.02. The average molecular weight is 331 g/mol. The third-order valence-corrected chi connectivity index (χ3v) is 4.65. The van der Waals surface area contributed by atoms with Gasteiger partial charge in [-0.1, -0.05) is 12.1 Å². The van der Waals surface area contributed by atoms with Gasteiger partial charge in [-0.15, -0.1) is 11.3 Å². The molecule has 0 saturated carbocycles. The molecule has 0 unspecified atom stereocenters.